The summed E-state index contributed by atoms with van der Waals surface area (Å²) in [7, 11) is -3.53. The normalized spacial score (nSPS) is 19.0. The van der Waals surface area contributed by atoms with Crippen molar-refractivity contribution in [2.45, 2.75) is 6.54 Å². The first-order valence-corrected chi connectivity index (χ1v) is 7.99. The number of hydrogen-bond donors (Lipinski definition) is 1. The Hall–Kier alpha value is -0.470. The molecule has 7 heteroatoms. The lowest BCUT2D eigenvalue weighted by Crippen LogP contribution is -2.50. The molecule has 0 saturated carbocycles. The van der Waals surface area contributed by atoms with Crippen LogP contribution in [-0.2, 0) is 16.8 Å². The third-order valence-corrected chi connectivity index (χ3v) is 4.56. The molecule has 1 aliphatic rings. The van der Waals surface area contributed by atoms with E-state index in [2.05, 4.69) is 33.0 Å². The largest absolute Gasteiger partial charge is 0.296 e. The van der Waals surface area contributed by atoms with Crippen LogP contribution in [0, 0.1) is 0 Å². The van der Waals surface area contributed by atoms with Gasteiger partial charge in [-0.3, -0.25) is 4.90 Å². The monoisotopic (exact) mass is 333 g/mol. The number of benzene rings is 1. The zero-order valence-electron chi connectivity index (χ0n) is 9.92. The van der Waals surface area contributed by atoms with Crippen LogP contribution in [0.25, 0.3) is 0 Å². The average molecular weight is 334 g/mol. The van der Waals surface area contributed by atoms with Crippen LogP contribution >= 0.6 is 15.9 Å². The third-order valence-electron chi connectivity index (χ3n) is 2.99. The topological polar surface area (TPSA) is 66.6 Å². The summed E-state index contributed by atoms with van der Waals surface area (Å²) in [5.41, 5.74) is 1.22. The maximum Gasteiger partial charge on any atom is 0.276 e. The molecule has 1 fully saturated rings. The van der Waals surface area contributed by atoms with Crippen molar-refractivity contribution in [1.82, 2.24) is 9.21 Å². The summed E-state index contributed by atoms with van der Waals surface area (Å²) in [5, 5.41) is 5.10. The van der Waals surface area contributed by atoms with Crippen LogP contribution in [0.1, 0.15) is 5.56 Å². The molecule has 18 heavy (non-hydrogen) atoms. The van der Waals surface area contributed by atoms with Gasteiger partial charge in [0.25, 0.3) is 10.2 Å². The molecule has 0 spiro atoms. The van der Waals surface area contributed by atoms with Gasteiger partial charge in [0.05, 0.1) is 0 Å². The molecule has 5 nitrogen and oxygen atoms in total. The standard InChI is InChI=1S/C11H16BrN3O2S/c12-11-3-1-2-10(8-11)9-14-4-6-15(7-5-14)18(13,16)17/h1-3,8H,4-7,9H2,(H2,13,16,17). The molecule has 1 aliphatic heterocycles. The van der Waals surface area contributed by atoms with Gasteiger partial charge in [-0.2, -0.15) is 12.7 Å². The van der Waals surface area contributed by atoms with Crippen molar-refractivity contribution in [1.29, 1.82) is 0 Å². The van der Waals surface area contributed by atoms with Gasteiger partial charge < -0.3 is 0 Å². The number of halogens is 1. The van der Waals surface area contributed by atoms with Gasteiger partial charge in [0, 0.05) is 37.2 Å². The molecule has 0 aliphatic carbocycles. The summed E-state index contributed by atoms with van der Waals surface area (Å²) in [6.45, 7) is 3.18. The van der Waals surface area contributed by atoms with Crippen LogP contribution < -0.4 is 5.14 Å². The van der Waals surface area contributed by atoms with Crippen LogP contribution in [0.3, 0.4) is 0 Å². The lowest BCUT2D eigenvalue weighted by molar-refractivity contribution is 0.181. The Labute approximate surface area is 116 Å². The van der Waals surface area contributed by atoms with Gasteiger partial charge in [0.2, 0.25) is 0 Å². The predicted octanol–water partition coefficient (Wildman–Crippen LogP) is 0.770. The zero-order valence-corrected chi connectivity index (χ0v) is 12.3. The van der Waals surface area contributed by atoms with Crippen LogP contribution in [0.2, 0.25) is 0 Å². The molecule has 2 N–H and O–H groups in total. The van der Waals surface area contributed by atoms with Crippen LogP contribution in [0.4, 0.5) is 0 Å². The lowest BCUT2D eigenvalue weighted by atomic mass is 10.2. The van der Waals surface area contributed by atoms with E-state index in [1.807, 2.05) is 12.1 Å². The third kappa shape index (κ3) is 3.76. The minimum Gasteiger partial charge on any atom is -0.296 e. The Morgan fingerprint density at radius 3 is 2.44 bits per heavy atom. The van der Waals surface area contributed by atoms with Gasteiger partial charge in [-0.1, -0.05) is 28.1 Å². The van der Waals surface area contributed by atoms with E-state index >= 15 is 0 Å². The van der Waals surface area contributed by atoms with Crippen molar-refractivity contribution < 1.29 is 8.42 Å². The molecule has 100 valence electrons. The lowest BCUT2D eigenvalue weighted by Gasteiger charge is -2.32. The van der Waals surface area contributed by atoms with E-state index in [1.54, 1.807) is 0 Å². The van der Waals surface area contributed by atoms with E-state index < -0.39 is 10.2 Å². The molecule has 1 aromatic rings. The molecule has 0 unspecified atom stereocenters. The van der Waals surface area contributed by atoms with Crippen molar-refractivity contribution in [3.63, 3.8) is 0 Å². The second kappa shape index (κ2) is 5.66. The molecular weight excluding hydrogens is 318 g/mol. The van der Waals surface area contributed by atoms with Crippen molar-refractivity contribution in [2.24, 2.45) is 5.14 Å². The highest BCUT2D eigenvalue weighted by Crippen LogP contribution is 2.14. The van der Waals surface area contributed by atoms with Crippen molar-refractivity contribution in [2.75, 3.05) is 26.2 Å². The number of piperazine rings is 1. The SMILES string of the molecule is NS(=O)(=O)N1CCN(Cc2cccc(Br)c2)CC1. The van der Waals surface area contributed by atoms with Gasteiger partial charge >= 0.3 is 0 Å². The first kappa shape index (κ1) is 14.0. The molecule has 0 atom stereocenters. The van der Waals surface area contributed by atoms with Gasteiger partial charge in [0.1, 0.15) is 0 Å². The summed E-state index contributed by atoms with van der Waals surface area (Å²) < 4.78 is 24.7. The summed E-state index contributed by atoms with van der Waals surface area (Å²) in [4.78, 5) is 2.23. The van der Waals surface area contributed by atoms with Gasteiger partial charge in [0.15, 0.2) is 0 Å². The van der Waals surface area contributed by atoms with Crippen LogP contribution in [-0.4, -0.2) is 43.8 Å². The molecule has 0 bridgehead atoms. The second-order valence-corrected chi connectivity index (χ2v) is 6.81. The molecule has 1 heterocycles. The maximum absolute atomic E-state index is 11.2. The molecule has 2 rings (SSSR count). The molecule has 1 saturated heterocycles. The van der Waals surface area contributed by atoms with E-state index in [0.717, 1.165) is 11.0 Å². The smallest absolute Gasteiger partial charge is 0.276 e. The van der Waals surface area contributed by atoms with E-state index in [4.69, 9.17) is 5.14 Å². The number of rotatable bonds is 3. The summed E-state index contributed by atoms with van der Waals surface area (Å²) in [6.07, 6.45) is 0. The van der Waals surface area contributed by atoms with Crippen LogP contribution in [0.15, 0.2) is 28.7 Å². The zero-order chi connectivity index (χ0) is 13.2. The minimum absolute atomic E-state index is 0.465. The molecule has 0 aromatic heterocycles. The number of nitrogens with zero attached hydrogens (tertiary/aromatic N) is 2. The molecule has 0 amide bonds. The number of hydrogen-bond acceptors (Lipinski definition) is 3. The molecule has 1 aromatic carbocycles. The summed E-state index contributed by atoms with van der Waals surface area (Å²) >= 11 is 3.44. The fraction of sp³-hybridized carbons (Fsp3) is 0.455. The van der Waals surface area contributed by atoms with E-state index in [0.29, 0.717) is 26.2 Å². The fourth-order valence-corrected chi connectivity index (χ4v) is 3.15. The van der Waals surface area contributed by atoms with Gasteiger partial charge in [-0.05, 0) is 17.7 Å². The van der Waals surface area contributed by atoms with Crippen molar-refractivity contribution in [3.05, 3.63) is 34.3 Å². The highest BCUT2D eigenvalue weighted by molar-refractivity contribution is 9.10. The van der Waals surface area contributed by atoms with Crippen molar-refractivity contribution in [3.8, 4) is 0 Å². The van der Waals surface area contributed by atoms with Gasteiger partial charge in [-0.15, -0.1) is 0 Å². The van der Waals surface area contributed by atoms with E-state index in [9.17, 15) is 8.42 Å². The molecular formula is C11H16BrN3O2S. The molecule has 0 radical (unpaired) electrons. The Morgan fingerprint density at radius 2 is 1.89 bits per heavy atom. The van der Waals surface area contributed by atoms with Gasteiger partial charge in [-0.25, -0.2) is 5.14 Å². The van der Waals surface area contributed by atoms with E-state index in [-0.39, 0.29) is 0 Å². The highest BCUT2D eigenvalue weighted by atomic mass is 79.9. The average Bonchev–Trinajstić information content (AvgIpc) is 2.28. The Bertz CT molecular complexity index is 513. The number of nitrogens with two attached hydrogens (primary N) is 1. The summed E-state index contributed by atoms with van der Waals surface area (Å²) in [6, 6.07) is 8.13. The second-order valence-electron chi connectivity index (χ2n) is 4.35. The summed E-state index contributed by atoms with van der Waals surface area (Å²) in [5.74, 6) is 0. The van der Waals surface area contributed by atoms with Crippen LogP contribution in [0.5, 0.6) is 0 Å². The minimum atomic E-state index is -3.53. The Morgan fingerprint density at radius 1 is 1.22 bits per heavy atom. The highest BCUT2D eigenvalue weighted by Gasteiger charge is 2.23. The quantitative estimate of drug-likeness (QED) is 0.888. The fourth-order valence-electron chi connectivity index (χ4n) is 2.04. The van der Waals surface area contributed by atoms with Crippen molar-refractivity contribution >= 4 is 26.1 Å². The first-order valence-electron chi connectivity index (χ1n) is 5.70. The Balaban J connectivity index is 1.91. The first-order chi connectivity index (χ1) is 8.45. The maximum atomic E-state index is 11.2. The predicted molar refractivity (Wildman–Crippen MR) is 74.1 cm³/mol. The Kier molecular flexibility index (Phi) is 4.39. The van der Waals surface area contributed by atoms with E-state index in [1.165, 1.54) is 9.87 Å².